The number of nitrogens with zero attached hydrogens (tertiary/aromatic N) is 2. The maximum absolute atomic E-state index is 12.4. The largest absolute Gasteiger partial charge is 0.377 e. The Hall–Kier alpha value is -2.08. The van der Waals surface area contributed by atoms with Crippen molar-refractivity contribution in [2.75, 3.05) is 39.9 Å². The normalized spacial score (nSPS) is 17.9. The van der Waals surface area contributed by atoms with Crippen LogP contribution in [-0.2, 0) is 9.53 Å². The molecule has 1 fully saturated rings. The van der Waals surface area contributed by atoms with Gasteiger partial charge in [0.2, 0.25) is 5.91 Å². The van der Waals surface area contributed by atoms with Gasteiger partial charge in [-0.25, -0.2) is 4.79 Å². The highest BCUT2D eigenvalue weighted by Crippen LogP contribution is 2.23. The molecule has 6 nitrogen and oxygen atoms in total. The number of carbonyl (C=O) groups is 2. The third-order valence-corrected chi connectivity index (χ3v) is 3.86. The molecular formula is C16H23N3O3. The van der Waals surface area contributed by atoms with E-state index in [1.165, 1.54) is 0 Å². The Morgan fingerprint density at radius 2 is 2.09 bits per heavy atom. The van der Waals surface area contributed by atoms with E-state index in [4.69, 9.17) is 4.74 Å². The maximum atomic E-state index is 12.4. The number of hydrogen-bond donors (Lipinski definition) is 1. The lowest BCUT2D eigenvalue weighted by molar-refractivity contribution is -0.128. The minimum atomic E-state index is -0.227. The molecule has 1 saturated heterocycles. The molecule has 1 N–H and O–H groups in total. The summed E-state index contributed by atoms with van der Waals surface area (Å²) in [6.45, 7) is 4.04. The number of benzene rings is 1. The monoisotopic (exact) mass is 305 g/mol. The Morgan fingerprint density at radius 3 is 2.77 bits per heavy atom. The fourth-order valence-corrected chi connectivity index (χ4v) is 2.36. The summed E-state index contributed by atoms with van der Waals surface area (Å²) in [7, 11) is 1.72. The molecule has 120 valence electrons. The number of urea groups is 1. The molecule has 3 amide bonds. The van der Waals surface area contributed by atoms with Crippen molar-refractivity contribution in [3.63, 3.8) is 0 Å². The lowest BCUT2D eigenvalue weighted by Crippen LogP contribution is -2.50. The average Bonchev–Trinajstić information content (AvgIpc) is 2.59. The molecule has 0 aliphatic carbocycles. The van der Waals surface area contributed by atoms with Crippen LogP contribution in [0.15, 0.2) is 30.3 Å². The highest BCUT2D eigenvalue weighted by molar-refractivity contribution is 5.84. The second-order valence-corrected chi connectivity index (χ2v) is 5.26. The van der Waals surface area contributed by atoms with Crippen LogP contribution in [0.3, 0.4) is 0 Å². The van der Waals surface area contributed by atoms with E-state index in [1.54, 1.807) is 16.8 Å². The van der Waals surface area contributed by atoms with Crippen LogP contribution in [0.4, 0.5) is 4.79 Å². The lowest BCUT2D eigenvalue weighted by Gasteiger charge is -2.35. The van der Waals surface area contributed by atoms with Crippen molar-refractivity contribution in [3.05, 3.63) is 35.9 Å². The first-order valence-electron chi connectivity index (χ1n) is 7.54. The number of hydrogen-bond acceptors (Lipinski definition) is 3. The summed E-state index contributed by atoms with van der Waals surface area (Å²) in [6, 6.07) is 9.45. The van der Waals surface area contributed by atoms with Gasteiger partial charge in [-0.3, -0.25) is 4.79 Å². The van der Waals surface area contributed by atoms with E-state index in [0.717, 1.165) is 5.56 Å². The molecule has 1 heterocycles. The van der Waals surface area contributed by atoms with Crippen molar-refractivity contribution in [1.29, 1.82) is 0 Å². The number of rotatable bonds is 4. The number of amides is 3. The van der Waals surface area contributed by atoms with Gasteiger partial charge in [0.25, 0.3) is 0 Å². The van der Waals surface area contributed by atoms with Crippen molar-refractivity contribution in [3.8, 4) is 0 Å². The van der Waals surface area contributed by atoms with Crippen molar-refractivity contribution in [2.24, 2.45) is 0 Å². The Kier molecular flexibility index (Phi) is 5.77. The van der Waals surface area contributed by atoms with E-state index in [9.17, 15) is 9.59 Å². The number of likely N-dealkylation sites (N-methyl/N-ethyl adjacent to an activating group) is 1. The van der Waals surface area contributed by atoms with Gasteiger partial charge in [-0.1, -0.05) is 30.3 Å². The summed E-state index contributed by atoms with van der Waals surface area (Å²) in [4.78, 5) is 27.5. The van der Waals surface area contributed by atoms with Gasteiger partial charge in [0.1, 0.15) is 0 Å². The van der Waals surface area contributed by atoms with Crippen molar-refractivity contribution < 1.29 is 14.3 Å². The molecule has 0 aromatic heterocycles. The van der Waals surface area contributed by atoms with Gasteiger partial charge >= 0.3 is 6.03 Å². The van der Waals surface area contributed by atoms with E-state index < -0.39 is 0 Å². The number of morpholine rings is 1. The van der Waals surface area contributed by atoms with Crippen molar-refractivity contribution in [2.45, 2.75) is 13.0 Å². The van der Waals surface area contributed by atoms with E-state index in [-0.39, 0.29) is 24.5 Å². The highest BCUT2D eigenvalue weighted by atomic mass is 16.5. The Balaban J connectivity index is 1.98. The van der Waals surface area contributed by atoms with Gasteiger partial charge in [-0.05, 0) is 12.5 Å². The second-order valence-electron chi connectivity index (χ2n) is 5.26. The van der Waals surface area contributed by atoms with Crippen LogP contribution in [-0.4, -0.2) is 61.6 Å². The molecule has 0 spiro atoms. The molecule has 6 heteroatoms. The Morgan fingerprint density at radius 1 is 1.36 bits per heavy atom. The molecule has 1 unspecified atom stereocenters. The van der Waals surface area contributed by atoms with E-state index in [2.05, 4.69) is 5.32 Å². The minimum Gasteiger partial charge on any atom is -0.377 e. The molecule has 1 aromatic carbocycles. The summed E-state index contributed by atoms with van der Waals surface area (Å²) in [5.41, 5.74) is 1.04. The van der Waals surface area contributed by atoms with E-state index in [1.807, 2.05) is 37.3 Å². The zero-order valence-electron chi connectivity index (χ0n) is 13.1. The van der Waals surface area contributed by atoms with Crippen LogP contribution in [0.25, 0.3) is 0 Å². The first kappa shape index (κ1) is 16.3. The van der Waals surface area contributed by atoms with Crippen molar-refractivity contribution in [1.82, 2.24) is 15.1 Å². The summed E-state index contributed by atoms with van der Waals surface area (Å²) in [5, 5.41) is 2.71. The number of carbonyl (C=O) groups excluding carboxylic acids is 2. The van der Waals surface area contributed by atoms with Gasteiger partial charge in [-0.15, -0.1) is 0 Å². The van der Waals surface area contributed by atoms with Gasteiger partial charge in [0.05, 0.1) is 25.8 Å². The molecular weight excluding hydrogens is 282 g/mol. The second kappa shape index (κ2) is 7.79. The van der Waals surface area contributed by atoms with Crippen LogP contribution >= 0.6 is 0 Å². The average molecular weight is 305 g/mol. The molecule has 22 heavy (non-hydrogen) atoms. The molecule has 0 radical (unpaired) electrons. The fourth-order valence-electron chi connectivity index (χ4n) is 2.36. The number of nitrogens with one attached hydrogen (secondary N) is 1. The Bertz CT molecular complexity index is 507. The summed E-state index contributed by atoms with van der Waals surface area (Å²) in [6.07, 6.45) is 0. The summed E-state index contributed by atoms with van der Waals surface area (Å²) >= 11 is 0. The molecule has 1 aromatic rings. The van der Waals surface area contributed by atoms with Gasteiger partial charge in [0, 0.05) is 20.1 Å². The van der Waals surface area contributed by atoms with Gasteiger partial charge in [-0.2, -0.15) is 0 Å². The topological polar surface area (TPSA) is 61.9 Å². The first-order valence-corrected chi connectivity index (χ1v) is 7.54. The minimum absolute atomic E-state index is 0.0159. The van der Waals surface area contributed by atoms with Crippen LogP contribution in [0.1, 0.15) is 18.5 Å². The maximum Gasteiger partial charge on any atom is 0.318 e. The third kappa shape index (κ3) is 3.98. The van der Waals surface area contributed by atoms with Crippen LogP contribution in [0.5, 0.6) is 0 Å². The molecule has 0 bridgehead atoms. The summed E-state index contributed by atoms with van der Waals surface area (Å²) < 4.78 is 5.50. The van der Waals surface area contributed by atoms with Gasteiger partial charge in [0.15, 0.2) is 0 Å². The van der Waals surface area contributed by atoms with Crippen LogP contribution in [0.2, 0.25) is 0 Å². The van der Waals surface area contributed by atoms with Crippen molar-refractivity contribution >= 4 is 11.9 Å². The predicted octanol–water partition coefficient (Wildman–Crippen LogP) is 1.25. The predicted molar refractivity (Wildman–Crippen MR) is 83.4 cm³/mol. The van der Waals surface area contributed by atoms with Gasteiger partial charge < -0.3 is 19.9 Å². The number of ether oxygens (including phenoxy) is 1. The van der Waals surface area contributed by atoms with Crippen LogP contribution < -0.4 is 5.32 Å². The SMILES string of the molecule is CCN(C)C(=O)CNC(=O)N1CCOCC1c1ccccc1. The zero-order chi connectivity index (χ0) is 15.9. The Labute approximate surface area is 131 Å². The molecule has 2 rings (SSSR count). The lowest BCUT2D eigenvalue weighted by atomic mass is 10.1. The highest BCUT2D eigenvalue weighted by Gasteiger charge is 2.28. The summed E-state index contributed by atoms with van der Waals surface area (Å²) in [5.74, 6) is -0.0969. The quantitative estimate of drug-likeness (QED) is 0.910. The third-order valence-electron chi connectivity index (χ3n) is 3.86. The molecule has 0 saturated carbocycles. The zero-order valence-corrected chi connectivity index (χ0v) is 13.1. The van der Waals surface area contributed by atoms with E-state index >= 15 is 0 Å². The smallest absolute Gasteiger partial charge is 0.318 e. The molecule has 1 aliphatic heterocycles. The molecule has 1 aliphatic rings. The van der Waals surface area contributed by atoms with Crippen LogP contribution in [0, 0.1) is 0 Å². The molecule has 1 atom stereocenters. The standard InChI is InChI=1S/C16H23N3O3/c1-3-18(2)15(20)11-17-16(21)19-9-10-22-12-14(19)13-7-5-4-6-8-13/h4-8,14H,3,9-12H2,1-2H3,(H,17,21). The van der Waals surface area contributed by atoms with E-state index in [0.29, 0.717) is 26.3 Å². The first-order chi connectivity index (χ1) is 10.6. The fraction of sp³-hybridized carbons (Fsp3) is 0.500.